The van der Waals surface area contributed by atoms with Crippen LogP contribution in [0.2, 0.25) is 5.02 Å². The summed E-state index contributed by atoms with van der Waals surface area (Å²) in [5.74, 6) is -0.291. The molecule has 0 aliphatic carbocycles. The molecule has 0 saturated carbocycles. The van der Waals surface area contributed by atoms with Gasteiger partial charge in [0.15, 0.2) is 6.61 Å². The van der Waals surface area contributed by atoms with E-state index in [-0.39, 0.29) is 28.0 Å². The van der Waals surface area contributed by atoms with E-state index < -0.39 is 15.9 Å². The number of likely N-dealkylation sites (N-methyl/N-ethyl adjacent to an activating group) is 1. The summed E-state index contributed by atoms with van der Waals surface area (Å²) in [4.78, 5) is 26.3. The van der Waals surface area contributed by atoms with Crippen LogP contribution in [0.1, 0.15) is 16.8 Å². The zero-order valence-electron chi connectivity index (χ0n) is 17.4. The standard InChI is InChI=1S/C21H23ClN4O5S/c1-25-7-2-8-26(10-9-25)32(29,30)19-12-15(4-5-16(19)22)23-21(28)14-3-6-18-17(11-14)24-20(27)13-31-18/h3-6,11-12H,2,7-10,13H2,1H3,(H,23,28)(H,24,27). The summed E-state index contributed by atoms with van der Waals surface area (Å²) in [7, 11) is -1.87. The van der Waals surface area contributed by atoms with Crippen molar-refractivity contribution in [2.75, 3.05) is 50.5 Å². The summed E-state index contributed by atoms with van der Waals surface area (Å²) in [5.41, 5.74) is 0.979. The summed E-state index contributed by atoms with van der Waals surface area (Å²) in [6.45, 7) is 2.15. The molecule has 0 atom stereocenters. The van der Waals surface area contributed by atoms with Gasteiger partial charge >= 0.3 is 0 Å². The number of rotatable bonds is 4. The number of carbonyl (C=O) groups excluding carboxylic acids is 2. The first-order chi connectivity index (χ1) is 15.2. The van der Waals surface area contributed by atoms with E-state index in [2.05, 4.69) is 15.5 Å². The van der Waals surface area contributed by atoms with Gasteiger partial charge in [-0.05, 0) is 56.4 Å². The Balaban J connectivity index is 1.56. The second-order valence-electron chi connectivity index (χ2n) is 7.71. The lowest BCUT2D eigenvalue weighted by Crippen LogP contribution is -2.34. The molecule has 0 radical (unpaired) electrons. The highest BCUT2D eigenvalue weighted by Gasteiger charge is 2.28. The lowest BCUT2D eigenvalue weighted by Gasteiger charge is -2.21. The first kappa shape index (κ1) is 22.5. The van der Waals surface area contributed by atoms with Crippen molar-refractivity contribution in [1.82, 2.24) is 9.21 Å². The van der Waals surface area contributed by atoms with Crippen LogP contribution in [-0.4, -0.2) is 69.3 Å². The van der Waals surface area contributed by atoms with Gasteiger partial charge in [-0.25, -0.2) is 8.42 Å². The van der Waals surface area contributed by atoms with E-state index in [9.17, 15) is 18.0 Å². The highest BCUT2D eigenvalue weighted by Crippen LogP contribution is 2.30. The van der Waals surface area contributed by atoms with Crippen molar-refractivity contribution >= 4 is 44.8 Å². The first-order valence-electron chi connectivity index (χ1n) is 10.1. The summed E-state index contributed by atoms with van der Waals surface area (Å²) in [6.07, 6.45) is 0.725. The summed E-state index contributed by atoms with van der Waals surface area (Å²) in [5, 5.41) is 5.44. The number of hydrogen-bond acceptors (Lipinski definition) is 6. The Morgan fingerprint density at radius 3 is 2.75 bits per heavy atom. The van der Waals surface area contributed by atoms with Crippen LogP contribution < -0.4 is 15.4 Å². The molecule has 2 aliphatic rings. The molecule has 1 saturated heterocycles. The van der Waals surface area contributed by atoms with Crippen LogP contribution in [0.25, 0.3) is 0 Å². The van der Waals surface area contributed by atoms with Gasteiger partial charge in [0, 0.05) is 30.9 Å². The topological polar surface area (TPSA) is 108 Å². The molecule has 2 aliphatic heterocycles. The fourth-order valence-electron chi connectivity index (χ4n) is 3.61. The van der Waals surface area contributed by atoms with E-state index >= 15 is 0 Å². The third-order valence-electron chi connectivity index (χ3n) is 5.36. The minimum absolute atomic E-state index is 0.0485. The van der Waals surface area contributed by atoms with Gasteiger partial charge < -0.3 is 20.3 Å². The Hall–Kier alpha value is -2.66. The minimum Gasteiger partial charge on any atom is -0.482 e. The van der Waals surface area contributed by atoms with Gasteiger partial charge in [0.2, 0.25) is 10.0 Å². The Bertz CT molecular complexity index is 1170. The summed E-state index contributed by atoms with van der Waals surface area (Å²) >= 11 is 6.23. The Labute approximate surface area is 191 Å². The SMILES string of the molecule is CN1CCCN(S(=O)(=O)c2cc(NC(=O)c3ccc4c(c3)NC(=O)CO4)ccc2Cl)CC1. The molecule has 2 amide bonds. The van der Waals surface area contributed by atoms with Gasteiger partial charge in [0.25, 0.3) is 11.8 Å². The average Bonchev–Trinajstić information content (AvgIpc) is 2.99. The van der Waals surface area contributed by atoms with Crippen LogP contribution >= 0.6 is 11.6 Å². The number of halogens is 1. The smallest absolute Gasteiger partial charge is 0.262 e. The molecule has 2 N–H and O–H groups in total. The number of carbonyl (C=O) groups is 2. The molecular formula is C21H23ClN4O5S. The van der Waals surface area contributed by atoms with Crippen molar-refractivity contribution in [3.8, 4) is 5.75 Å². The van der Waals surface area contributed by atoms with Crippen LogP contribution in [0.15, 0.2) is 41.3 Å². The summed E-state index contributed by atoms with van der Waals surface area (Å²) in [6, 6.07) is 9.02. The molecule has 2 heterocycles. The third-order valence-corrected chi connectivity index (χ3v) is 7.74. The number of ether oxygens (including phenoxy) is 1. The molecule has 32 heavy (non-hydrogen) atoms. The Morgan fingerprint density at radius 1 is 1.12 bits per heavy atom. The zero-order valence-corrected chi connectivity index (χ0v) is 19.0. The molecule has 0 aromatic heterocycles. The molecule has 170 valence electrons. The maximum absolute atomic E-state index is 13.2. The van der Waals surface area contributed by atoms with Crippen molar-refractivity contribution in [3.63, 3.8) is 0 Å². The summed E-state index contributed by atoms with van der Waals surface area (Å²) < 4.78 is 33.2. The molecule has 11 heteroatoms. The lowest BCUT2D eigenvalue weighted by molar-refractivity contribution is -0.118. The van der Waals surface area contributed by atoms with Gasteiger partial charge in [-0.1, -0.05) is 11.6 Å². The monoisotopic (exact) mass is 478 g/mol. The normalized spacial score (nSPS) is 17.6. The van der Waals surface area contributed by atoms with Crippen molar-refractivity contribution in [2.45, 2.75) is 11.3 Å². The number of anilines is 2. The zero-order chi connectivity index (χ0) is 22.9. The molecule has 0 spiro atoms. The second-order valence-corrected chi connectivity index (χ2v) is 10.0. The third kappa shape index (κ3) is 4.73. The van der Waals surface area contributed by atoms with E-state index in [1.54, 1.807) is 18.2 Å². The van der Waals surface area contributed by atoms with Crippen LogP contribution in [0, 0.1) is 0 Å². The van der Waals surface area contributed by atoms with E-state index in [0.717, 1.165) is 13.0 Å². The largest absolute Gasteiger partial charge is 0.482 e. The maximum atomic E-state index is 13.2. The molecule has 1 fully saturated rings. The van der Waals surface area contributed by atoms with Gasteiger partial charge in [-0.15, -0.1) is 0 Å². The molecule has 0 unspecified atom stereocenters. The van der Waals surface area contributed by atoms with Crippen LogP contribution in [0.3, 0.4) is 0 Å². The fraction of sp³-hybridized carbons (Fsp3) is 0.333. The highest BCUT2D eigenvalue weighted by molar-refractivity contribution is 7.89. The molecule has 0 bridgehead atoms. The quantitative estimate of drug-likeness (QED) is 0.697. The molecule has 4 rings (SSSR count). The van der Waals surface area contributed by atoms with Gasteiger partial charge in [-0.3, -0.25) is 9.59 Å². The predicted molar refractivity (Wildman–Crippen MR) is 121 cm³/mol. The predicted octanol–water partition coefficient (Wildman–Crippen LogP) is 2.25. The van der Waals surface area contributed by atoms with Crippen molar-refractivity contribution in [2.24, 2.45) is 0 Å². The van der Waals surface area contributed by atoms with Crippen molar-refractivity contribution in [3.05, 3.63) is 47.0 Å². The van der Waals surface area contributed by atoms with Crippen molar-refractivity contribution < 1.29 is 22.7 Å². The van der Waals surface area contributed by atoms with E-state index in [4.69, 9.17) is 16.3 Å². The number of hydrogen-bond donors (Lipinski definition) is 2. The van der Waals surface area contributed by atoms with E-state index in [1.807, 2.05) is 7.05 Å². The number of benzene rings is 2. The molecule has 2 aromatic carbocycles. The minimum atomic E-state index is -3.82. The lowest BCUT2D eigenvalue weighted by atomic mass is 10.1. The van der Waals surface area contributed by atoms with Crippen LogP contribution in [-0.2, 0) is 14.8 Å². The number of nitrogens with zero attached hydrogens (tertiary/aromatic N) is 2. The van der Waals surface area contributed by atoms with E-state index in [0.29, 0.717) is 36.8 Å². The van der Waals surface area contributed by atoms with Gasteiger partial charge in [0.1, 0.15) is 10.6 Å². The average molecular weight is 479 g/mol. The van der Waals surface area contributed by atoms with Crippen LogP contribution in [0.4, 0.5) is 11.4 Å². The fourth-order valence-corrected chi connectivity index (χ4v) is 5.58. The van der Waals surface area contributed by atoms with Gasteiger partial charge in [0.05, 0.1) is 10.7 Å². The first-order valence-corrected chi connectivity index (χ1v) is 11.9. The maximum Gasteiger partial charge on any atom is 0.262 e. The Morgan fingerprint density at radius 2 is 1.94 bits per heavy atom. The van der Waals surface area contributed by atoms with E-state index in [1.165, 1.54) is 22.5 Å². The van der Waals surface area contributed by atoms with Crippen LogP contribution in [0.5, 0.6) is 5.75 Å². The Kier molecular flexibility index (Phi) is 6.38. The molecular weight excluding hydrogens is 456 g/mol. The second kappa shape index (κ2) is 9.07. The van der Waals surface area contributed by atoms with Gasteiger partial charge in [-0.2, -0.15) is 4.31 Å². The number of sulfonamides is 1. The van der Waals surface area contributed by atoms with Crippen molar-refractivity contribution in [1.29, 1.82) is 0 Å². The number of fused-ring (bicyclic) bond motifs is 1. The number of amides is 2. The number of nitrogens with one attached hydrogen (secondary N) is 2. The molecule has 2 aromatic rings. The highest BCUT2D eigenvalue weighted by atomic mass is 35.5. The molecule has 9 nitrogen and oxygen atoms in total.